The lowest BCUT2D eigenvalue weighted by Gasteiger charge is -2.29. The van der Waals surface area contributed by atoms with E-state index in [2.05, 4.69) is 128 Å². The van der Waals surface area contributed by atoms with Gasteiger partial charge in [0.1, 0.15) is 42.6 Å². The number of hydrogen-bond donors (Lipinski definition) is 0. The molecular formula is C54H44O6P2Si. The SMILES string of the molecule is C[Si](C)(c1ccccc1OP(OC1=CC[C@@H]2C=CC=CC2=C1)Oc1ccc2ccccc2c1)c1ccccc1OP(Oc1ccc2ccccc2c1)Oc1ccc2ccccc2c1. The Balaban J connectivity index is 0.969. The smallest absolute Gasteiger partial charge is 0.409 e. The van der Waals surface area contributed by atoms with E-state index in [9.17, 15) is 0 Å². The molecule has 0 N–H and O–H groups in total. The molecule has 2 aliphatic rings. The summed E-state index contributed by atoms with van der Waals surface area (Å²) in [7, 11) is -6.56. The lowest BCUT2D eigenvalue weighted by molar-refractivity contribution is 0.337. The molecule has 0 aliphatic heterocycles. The van der Waals surface area contributed by atoms with E-state index in [1.165, 1.54) is 5.57 Å². The molecule has 0 saturated heterocycles. The largest absolute Gasteiger partial charge is 0.530 e. The van der Waals surface area contributed by atoms with Crippen LogP contribution >= 0.6 is 17.2 Å². The highest BCUT2D eigenvalue weighted by molar-refractivity contribution is 7.43. The van der Waals surface area contributed by atoms with E-state index in [4.69, 9.17) is 27.1 Å². The van der Waals surface area contributed by atoms with Crippen LogP contribution in [0.3, 0.4) is 0 Å². The molecule has 8 aromatic rings. The van der Waals surface area contributed by atoms with Gasteiger partial charge in [-0.05, 0) is 115 Å². The van der Waals surface area contributed by atoms with Crippen LogP contribution in [0.25, 0.3) is 32.3 Å². The van der Waals surface area contributed by atoms with Crippen LogP contribution in [0.4, 0.5) is 0 Å². The highest BCUT2D eigenvalue weighted by Crippen LogP contribution is 2.47. The van der Waals surface area contributed by atoms with Crippen LogP contribution in [0.15, 0.2) is 224 Å². The molecule has 2 aliphatic carbocycles. The zero-order valence-electron chi connectivity index (χ0n) is 34.8. The van der Waals surface area contributed by atoms with E-state index >= 15 is 0 Å². The number of benzene rings is 8. The summed E-state index contributed by atoms with van der Waals surface area (Å²) >= 11 is 0. The maximum absolute atomic E-state index is 6.92. The van der Waals surface area contributed by atoms with Gasteiger partial charge in [-0.15, -0.1) is 0 Å². The third-order valence-electron chi connectivity index (χ3n) is 11.4. The Morgan fingerprint density at radius 2 is 0.873 bits per heavy atom. The Labute approximate surface area is 371 Å². The number of hydrogen-bond acceptors (Lipinski definition) is 6. The normalized spacial score (nSPS) is 15.1. The summed E-state index contributed by atoms with van der Waals surface area (Å²) in [4.78, 5) is 0. The molecule has 2 atom stereocenters. The first kappa shape index (κ1) is 40.4. The fourth-order valence-electron chi connectivity index (χ4n) is 8.06. The van der Waals surface area contributed by atoms with Crippen LogP contribution in [-0.2, 0) is 4.52 Å². The third kappa shape index (κ3) is 9.14. The van der Waals surface area contributed by atoms with Crippen molar-refractivity contribution in [3.8, 4) is 28.7 Å². The number of para-hydroxylation sites is 2. The molecule has 310 valence electrons. The highest BCUT2D eigenvalue weighted by atomic mass is 31.2. The average Bonchev–Trinajstić information content (AvgIpc) is 3.31. The summed E-state index contributed by atoms with van der Waals surface area (Å²) in [6.45, 7) is 4.61. The predicted molar refractivity (Wildman–Crippen MR) is 262 cm³/mol. The van der Waals surface area contributed by atoms with Crippen molar-refractivity contribution in [1.29, 1.82) is 0 Å². The minimum Gasteiger partial charge on any atom is -0.409 e. The van der Waals surface area contributed by atoms with E-state index in [-0.39, 0.29) is 0 Å². The van der Waals surface area contributed by atoms with E-state index in [1.54, 1.807) is 0 Å². The second kappa shape index (κ2) is 18.0. The van der Waals surface area contributed by atoms with Gasteiger partial charge in [-0.1, -0.05) is 165 Å². The molecule has 9 heteroatoms. The van der Waals surface area contributed by atoms with Crippen molar-refractivity contribution in [3.63, 3.8) is 0 Å². The highest BCUT2D eigenvalue weighted by Gasteiger charge is 2.35. The Morgan fingerprint density at radius 3 is 1.37 bits per heavy atom. The second-order valence-electron chi connectivity index (χ2n) is 16.0. The summed E-state index contributed by atoms with van der Waals surface area (Å²) in [6.07, 6.45) is 13.6. The average molecular weight is 879 g/mol. The minimum atomic E-state index is -2.63. The predicted octanol–water partition coefficient (Wildman–Crippen LogP) is 14.4. The molecule has 0 fully saturated rings. The zero-order chi connectivity index (χ0) is 42.6. The minimum absolute atomic E-state index is 0.336. The summed E-state index contributed by atoms with van der Waals surface area (Å²) in [5.41, 5.74) is 1.20. The van der Waals surface area contributed by atoms with Gasteiger partial charge >= 0.3 is 17.2 Å². The van der Waals surface area contributed by atoms with Crippen LogP contribution in [0, 0.1) is 5.92 Å². The summed E-state index contributed by atoms with van der Waals surface area (Å²) in [6, 6.07) is 59.2. The molecule has 0 saturated carbocycles. The monoisotopic (exact) mass is 878 g/mol. The maximum atomic E-state index is 6.92. The number of allylic oxidation sites excluding steroid dienone is 7. The van der Waals surface area contributed by atoms with Crippen molar-refractivity contribution >= 4 is 68.0 Å². The first-order valence-corrected chi connectivity index (χ1v) is 26.2. The quantitative estimate of drug-likeness (QED) is 0.0801. The number of rotatable bonds is 14. The molecule has 6 nitrogen and oxygen atoms in total. The standard InChI is InChI=1S/C54H44O6P2Si/c1-63(2,53-25-13-11-23-51(53)59-61(55-47-31-27-39-15-3-7-19-43(39)35-47)56-48-32-28-40-16-4-8-20-44(40)36-48)54-26-14-12-24-52(54)60-62(57-49-33-29-41-17-5-9-21-45(41)37-49)58-50-34-30-42-18-6-10-22-46(42)38-50/h3-29,31-38,42H,30H2,1-2H3/t42-,62?/m0/s1. The van der Waals surface area contributed by atoms with Crippen molar-refractivity contribution < 1.29 is 27.1 Å². The molecule has 1 unspecified atom stereocenters. The molecule has 0 spiro atoms. The van der Waals surface area contributed by atoms with Gasteiger partial charge in [0.15, 0.2) is 0 Å². The molecule has 63 heavy (non-hydrogen) atoms. The van der Waals surface area contributed by atoms with Crippen LogP contribution < -0.4 is 33.0 Å². The van der Waals surface area contributed by atoms with Crippen LogP contribution in [0.5, 0.6) is 28.7 Å². The molecule has 10 rings (SSSR count). The summed E-state index contributed by atoms with van der Waals surface area (Å²) in [5, 5.41) is 8.71. The van der Waals surface area contributed by atoms with Gasteiger partial charge < -0.3 is 27.1 Å². The Bertz CT molecular complexity index is 3000. The Morgan fingerprint density at radius 1 is 0.444 bits per heavy atom. The van der Waals surface area contributed by atoms with Crippen LogP contribution in [0.1, 0.15) is 6.42 Å². The van der Waals surface area contributed by atoms with E-state index < -0.39 is 25.3 Å². The van der Waals surface area contributed by atoms with Gasteiger partial charge in [0.2, 0.25) is 0 Å². The van der Waals surface area contributed by atoms with Crippen LogP contribution in [0.2, 0.25) is 13.1 Å². The van der Waals surface area contributed by atoms with E-state index in [0.717, 1.165) is 54.9 Å². The Kier molecular flexibility index (Phi) is 11.6. The van der Waals surface area contributed by atoms with Crippen molar-refractivity contribution in [2.75, 3.05) is 0 Å². The first-order valence-electron chi connectivity index (χ1n) is 21.0. The van der Waals surface area contributed by atoms with Gasteiger partial charge in [0.05, 0.1) is 0 Å². The van der Waals surface area contributed by atoms with Crippen molar-refractivity contribution in [3.05, 3.63) is 224 Å². The molecule has 0 aromatic heterocycles. The van der Waals surface area contributed by atoms with Crippen LogP contribution in [-0.4, -0.2) is 8.07 Å². The van der Waals surface area contributed by atoms with Crippen molar-refractivity contribution in [2.45, 2.75) is 19.5 Å². The van der Waals surface area contributed by atoms with Gasteiger partial charge in [-0.2, -0.15) is 0 Å². The maximum Gasteiger partial charge on any atom is 0.530 e. The fourth-order valence-corrected chi connectivity index (χ4v) is 13.1. The molecule has 0 amide bonds. The van der Waals surface area contributed by atoms with Gasteiger partial charge in [-0.3, -0.25) is 0 Å². The van der Waals surface area contributed by atoms with E-state index in [0.29, 0.717) is 34.7 Å². The molecular weight excluding hydrogens is 835 g/mol. The van der Waals surface area contributed by atoms with Crippen molar-refractivity contribution in [1.82, 2.24) is 0 Å². The first-order chi connectivity index (χ1) is 30.9. The number of fused-ring (bicyclic) bond motifs is 4. The van der Waals surface area contributed by atoms with Gasteiger partial charge in [0, 0.05) is 5.92 Å². The van der Waals surface area contributed by atoms with Crippen molar-refractivity contribution in [2.24, 2.45) is 5.92 Å². The fraction of sp³-hybridized carbons (Fsp3) is 0.0741. The molecule has 8 aromatic carbocycles. The zero-order valence-corrected chi connectivity index (χ0v) is 37.6. The summed E-state index contributed by atoms with van der Waals surface area (Å²) < 4.78 is 40.5. The lowest BCUT2D eigenvalue weighted by atomic mass is 9.88. The third-order valence-corrected chi connectivity index (χ3v) is 17.1. The molecule has 0 radical (unpaired) electrons. The molecule has 0 bridgehead atoms. The Hall–Kier alpha value is -6.62. The molecule has 0 heterocycles. The van der Waals surface area contributed by atoms with Gasteiger partial charge in [-0.25, -0.2) is 0 Å². The topological polar surface area (TPSA) is 55.4 Å². The van der Waals surface area contributed by atoms with Gasteiger partial charge in [0.25, 0.3) is 0 Å². The van der Waals surface area contributed by atoms with E-state index in [1.807, 2.05) is 97.1 Å². The second-order valence-corrected chi connectivity index (χ2v) is 22.3. The summed E-state index contributed by atoms with van der Waals surface area (Å²) in [5.74, 6) is 4.42. The lowest BCUT2D eigenvalue weighted by Crippen LogP contribution is -2.53.